The van der Waals surface area contributed by atoms with Gasteiger partial charge in [-0.15, -0.1) is 11.3 Å². The summed E-state index contributed by atoms with van der Waals surface area (Å²) < 4.78 is 0. The molecule has 0 saturated carbocycles. The van der Waals surface area contributed by atoms with E-state index >= 15 is 0 Å². The molecular formula is C16H13N3S. The van der Waals surface area contributed by atoms with Crippen LogP contribution in [-0.4, -0.2) is 4.98 Å². The molecule has 0 spiro atoms. The fourth-order valence-electron chi connectivity index (χ4n) is 2.13. The molecule has 1 unspecified atom stereocenters. The number of aromatic nitrogens is 1. The van der Waals surface area contributed by atoms with Gasteiger partial charge in [-0.25, -0.2) is 0 Å². The first-order valence-corrected chi connectivity index (χ1v) is 7.25. The van der Waals surface area contributed by atoms with Gasteiger partial charge in [-0.2, -0.15) is 5.26 Å². The molecule has 1 N–H and O–H groups in total. The minimum atomic E-state index is -0.304. The van der Waals surface area contributed by atoms with Gasteiger partial charge in [0.15, 0.2) is 0 Å². The molecule has 20 heavy (non-hydrogen) atoms. The van der Waals surface area contributed by atoms with E-state index in [1.54, 1.807) is 17.5 Å². The normalized spacial score (nSPS) is 12.2. The second-order valence-electron chi connectivity index (χ2n) is 4.48. The number of nitriles is 1. The molecule has 3 nitrogen and oxygen atoms in total. The molecule has 2 aromatic heterocycles. The summed E-state index contributed by atoms with van der Waals surface area (Å²) in [5.74, 6) is 0. The number of nitrogens with zero attached hydrogens (tertiary/aromatic N) is 2. The fraction of sp³-hybridized carbons (Fsp3) is 0.125. The largest absolute Gasteiger partial charge is 0.293 e. The topological polar surface area (TPSA) is 48.7 Å². The van der Waals surface area contributed by atoms with E-state index in [9.17, 15) is 5.26 Å². The number of nitrogens with one attached hydrogen (secondary N) is 1. The van der Waals surface area contributed by atoms with Crippen molar-refractivity contribution in [3.05, 3.63) is 64.5 Å². The van der Waals surface area contributed by atoms with Crippen LogP contribution in [0.2, 0.25) is 0 Å². The number of fused-ring (bicyclic) bond motifs is 1. The maximum Gasteiger partial charge on any atom is 0.121 e. The first kappa shape index (κ1) is 12.8. The molecule has 1 aromatic carbocycles. The number of thiophene rings is 1. The molecule has 0 aliphatic heterocycles. The van der Waals surface area contributed by atoms with E-state index < -0.39 is 0 Å². The summed E-state index contributed by atoms with van der Waals surface area (Å²) in [7, 11) is 0. The van der Waals surface area contributed by atoms with Crippen LogP contribution in [0.4, 0.5) is 0 Å². The van der Waals surface area contributed by atoms with Crippen LogP contribution in [0, 0.1) is 11.3 Å². The lowest BCUT2D eigenvalue weighted by molar-refractivity contribution is 0.636. The van der Waals surface area contributed by atoms with Gasteiger partial charge in [-0.1, -0.05) is 18.2 Å². The second-order valence-corrected chi connectivity index (χ2v) is 5.51. The molecule has 1 atom stereocenters. The zero-order chi connectivity index (χ0) is 13.8. The Morgan fingerprint density at radius 2 is 2.20 bits per heavy atom. The molecule has 98 valence electrons. The number of hydrogen-bond acceptors (Lipinski definition) is 4. The van der Waals surface area contributed by atoms with Crippen LogP contribution in [0.3, 0.4) is 0 Å². The fourth-order valence-corrected chi connectivity index (χ4v) is 2.78. The molecule has 0 bridgehead atoms. The lowest BCUT2D eigenvalue weighted by atomic mass is 10.1. The monoisotopic (exact) mass is 279 g/mol. The third-order valence-corrected chi connectivity index (χ3v) is 4.03. The molecule has 0 saturated heterocycles. The molecule has 0 radical (unpaired) electrons. The van der Waals surface area contributed by atoms with Crippen molar-refractivity contribution < 1.29 is 0 Å². The third-order valence-electron chi connectivity index (χ3n) is 3.15. The second kappa shape index (κ2) is 5.83. The molecule has 0 aliphatic carbocycles. The molecule has 0 fully saturated rings. The summed E-state index contributed by atoms with van der Waals surface area (Å²) in [5, 5.41) is 15.7. The van der Waals surface area contributed by atoms with Crippen molar-refractivity contribution >= 4 is 22.2 Å². The zero-order valence-electron chi connectivity index (χ0n) is 10.8. The van der Waals surface area contributed by atoms with E-state index in [2.05, 4.69) is 22.4 Å². The zero-order valence-corrected chi connectivity index (χ0v) is 11.6. The molecule has 0 aliphatic rings. The minimum Gasteiger partial charge on any atom is -0.293 e. The van der Waals surface area contributed by atoms with Crippen LogP contribution in [0.25, 0.3) is 10.9 Å². The predicted octanol–water partition coefficient (Wildman–Crippen LogP) is 3.65. The van der Waals surface area contributed by atoms with Crippen molar-refractivity contribution in [3.63, 3.8) is 0 Å². The number of benzene rings is 1. The highest BCUT2D eigenvalue weighted by molar-refractivity contribution is 7.09. The molecular weight excluding hydrogens is 266 g/mol. The van der Waals surface area contributed by atoms with Gasteiger partial charge in [0.25, 0.3) is 0 Å². The van der Waals surface area contributed by atoms with Gasteiger partial charge in [-0.3, -0.25) is 10.3 Å². The van der Waals surface area contributed by atoms with Crippen LogP contribution in [0.1, 0.15) is 16.5 Å². The highest BCUT2D eigenvalue weighted by Crippen LogP contribution is 2.19. The van der Waals surface area contributed by atoms with Gasteiger partial charge in [0.2, 0.25) is 0 Å². The van der Waals surface area contributed by atoms with Crippen molar-refractivity contribution in [1.82, 2.24) is 10.3 Å². The maximum absolute atomic E-state index is 9.36. The van der Waals surface area contributed by atoms with Crippen LogP contribution in [-0.2, 0) is 6.54 Å². The van der Waals surface area contributed by atoms with Gasteiger partial charge in [-0.05, 0) is 35.2 Å². The molecule has 4 heteroatoms. The Morgan fingerprint density at radius 3 is 3.00 bits per heavy atom. The average molecular weight is 279 g/mol. The molecule has 3 rings (SSSR count). The minimum absolute atomic E-state index is 0.304. The van der Waals surface area contributed by atoms with Crippen molar-refractivity contribution in [3.8, 4) is 6.07 Å². The van der Waals surface area contributed by atoms with Crippen LogP contribution in [0.5, 0.6) is 0 Å². The average Bonchev–Trinajstić information content (AvgIpc) is 3.01. The summed E-state index contributed by atoms with van der Waals surface area (Å²) in [6.45, 7) is 0.709. The van der Waals surface area contributed by atoms with Crippen molar-refractivity contribution in [2.24, 2.45) is 0 Å². The Hall–Kier alpha value is -2.22. The predicted molar refractivity (Wildman–Crippen MR) is 81.3 cm³/mol. The number of pyridine rings is 1. The highest BCUT2D eigenvalue weighted by atomic mass is 32.1. The van der Waals surface area contributed by atoms with E-state index in [0.29, 0.717) is 6.54 Å². The Kier molecular flexibility index (Phi) is 3.73. The first-order valence-electron chi connectivity index (χ1n) is 6.37. The molecule has 2 heterocycles. The summed E-state index contributed by atoms with van der Waals surface area (Å²) in [6, 6.07) is 16.0. The summed E-state index contributed by atoms with van der Waals surface area (Å²) in [5.41, 5.74) is 1.93. The third kappa shape index (κ3) is 2.69. The van der Waals surface area contributed by atoms with Crippen LogP contribution < -0.4 is 5.32 Å². The van der Waals surface area contributed by atoms with Gasteiger partial charge in [0.05, 0.1) is 11.6 Å². The Bertz CT molecular complexity index is 744. The van der Waals surface area contributed by atoms with Crippen LogP contribution in [0.15, 0.2) is 54.0 Å². The Morgan fingerprint density at radius 1 is 1.25 bits per heavy atom. The van der Waals surface area contributed by atoms with Gasteiger partial charge in [0, 0.05) is 23.0 Å². The van der Waals surface area contributed by atoms with Crippen LogP contribution >= 0.6 is 11.3 Å². The summed E-state index contributed by atoms with van der Waals surface area (Å²) >= 11 is 1.69. The summed E-state index contributed by atoms with van der Waals surface area (Å²) in [6.07, 6.45) is 1.78. The maximum atomic E-state index is 9.36. The lowest BCUT2D eigenvalue weighted by Crippen LogP contribution is -2.18. The lowest BCUT2D eigenvalue weighted by Gasteiger charge is -2.11. The summed E-state index contributed by atoms with van der Waals surface area (Å²) in [4.78, 5) is 5.52. The SMILES string of the molecule is N#CC(NCc1cccs1)c1ccc2ncccc2c1. The number of rotatable bonds is 4. The van der Waals surface area contributed by atoms with Crippen molar-refractivity contribution in [2.45, 2.75) is 12.6 Å². The smallest absolute Gasteiger partial charge is 0.121 e. The van der Waals surface area contributed by atoms with E-state index in [4.69, 9.17) is 0 Å². The van der Waals surface area contributed by atoms with Gasteiger partial charge < -0.3 is 0 Å². The van der Waals surface area contributed by atoms with E-state index in [1.165, 1.54) is 4.88 Å². The Balaban J connectivity index is 1.82. The van der Waals surface area contributed by atoms with Crippen molar-refractivity contribution in [2.75, 3.05) is 0 Å². The van der Waals surface area contributed by atoms with Gasteiger partial charge in [0.1, 0.15) is 6.04 Å². The van der Waals surface area contributed by atoms with Gasteiger partial charge >= 0.3 is 0 Å². The van der Waals surface area contributed by atoms with Crippen molar-refractivity contribution in [1.29, 1.82) is 5.26 Å². The standard InChI is InChI=1S/C16H13N3S/c17-10-16(19-11-14-4-2-8-20-14)13-5-6-15-12(9-13)3-1-7-18-15/h1-9,16,19H,11H2. The quantitative estimate of drug-likeness (QED) is 0.793. The first-order chi connectivity index (χ1) is 9.86. The molecule has 3 aromatic rings. The van der Waals surface area contributed by atoms with E-state index in [1.807, 2.05) is 41.8 Å². The molecule has 0 amide bonds. The number of hydrogen-bond donors (Lipinski definition) is 1. The van der Waals surface area contributed by atoms with E-state index in [0.717, 1.165) is 16.5 Å². The highest BCUT2D eigenvalue weighted by Gasteiger charge is 2.10. The Labute approximate surface area is 121 Å². The van der Waals surface area contributed by atoms with E-state index in [-0.39, 0.29) is 6.04 Å².